The van der Waals surface area contributed by atoms with Crippen molar-refractivity contribution in [3.63, 3.8) is 0 Å². The van der Waals surface area contributed by atoms with Crippen molar-refractivity contribution in [3.8, 4) is 0 Å². The lowest BCUT2D eigenvalue weighted by Crippen LogP contribution is -2.34. The average Bonchev–Trinajstić information content (AvgIpc) is 2.71. The highest BCUT2D eigenvalue weighted by Gasteiger charge is 2.29. The summed E-state index contributed by atoms with van der Waals surface area (Å²) >= 11 is 0. The van der Waals surface area contributed by atoms with Crippen LogP contribution < -0.4 is 10.2 Å². The predicted octanol–water partition coefficient (Wildman–Crippen LogP) is 4.20. The first-order valence-electron chi connectivity index (χ1n) is 8.53. The topological polar surface area (TPSA) is 75.5 Å². The molecule has 0 spiro atoms. The summed E-state index contributed by atoms with van der Waals surface area (Å²) in [6.07, 6.45) is 0. The van der Waals surface area contributed by atoms with Crippen LogP contribution >= 0.6 is 0 Å². The van der Waals surface area contributed by atoms with E-state index in [-0.39, 0.29) is 23.2 Å². The van der Waals surface area contributed by atoms with E-state index in [1.54, 1.807) is 6.07 Å². The van der Waals surface area contributed by atoms with Gasteiger partial charge in [-0.15, -0.1) is 0 Å². The number of nitrogens with one attached hydrogen (secondary N) is 1. The molecule has 6 heteroatoms. The Balaban J connectivity index is 1.74. The van der Waals surface area contributed by atoms with Crippen LogP contribution in [0.2, 0.25) is 0 Å². The molecule has 0 unspecified atom stereocenters. The second-order valence-electron chi connectivity index (χ2n) is 6.39. The average molecular weight is 359 g/mol. The maximum Gasteiger partial charge on any atom is 0.270 e. The molecule has 3 aromatic carbocycles. The number of nitro groups is 1. The summed E-state index contributed by atoms with van der Waals surface area (Å²) in [7, 11) is 2.00. The quantitative estimate of drug-likeness (QED) is 0.562. The van der Waals surface area contributed by atoms with Crippen molar-refractivity contribution in [3.05, 3.63) is 99.6 Å². The molecule has 0 radical (unpaired) electrons. The number of para-hydroxylation sites is 2. The van der Waals surface area contributed by atoms with Gasteiger partial charge in [-0.25, -0.2) is 0 Å². The number of carbonyl (C=O) groups is 1. The van der Waals surface area contributed by atoms with E-state index >= 15 is 0 Å². The minimum atomic E-state index is -0.503. The van der Waals surface area contributed by atoms with Crippen molar-refractivity contribution < 1.29 is 9.72 Å². The Morgan fingerprint density at radius 2 is 1.56 bits per heavy atom. The van der Waals surface area contributed by atoms with Gasteiger partial charge in [0.05, 0.1) is 11.0 Å². The SMILES string of the molecule is CN1c2ccccc2C(NC(=O)c2cccc([N+](=O)[O-])c2)c2ccccc21. The molecule has 0 atom stereocenters. The lowest BCUT2D eigenvalue weighted by Gasteiger charge is -2.35. The van der Waals surface area contributed by atoms with Crippen molar-refractivity contribution >= 4 is 23.0 Å². The molecule has 0 bridgehead atoms. The summed E-state index contributed by atoms with van der Waals surface area (Å²) in [5.41, 5.74) is 4.15. The molecular weight excluding hydrogens is 342 g/mol. The number of anilines is 2. The monoisotopic (exact) mass is 359 g/mol. The zero-order chi connectivity index (χ0) is 19.0. The third-order valence-electron chi connectivity index (χ3n) is 4.81. The molecule has 1 amide bonds. The third kappa shape index (κ3) is 2.91. The smallest absolute Gasteiger partial charge is 0.270 e. The van der Waals surface area contributed by atoms with Crippen LogP contribution in [0.1, 0.15) is 27.5 Å². The van der Waals surface area contributed by atoms with Gasteiger partial charge >= 0.3 is 0 Å². The second-order valence-corrected chi connectivity index (χ2v) is 6.39. The lowest BCUT2D eigenvalue weighted by molar-refractivity contribution is -0.384. The highest BCUT2D eigenvalue weighted by Crippen LogP contribution is 2.43. The van der Waals surface area contributed by atoms with Gasteiger partial charge in [0.25, 0.3) is 11.6 Å². The zero-order valence-electron chi connectivity index (χ0n) is 14.6. The molecule has 1 aliphatic rings. The fourth-order valence-electron chi connectivity index (χ4n) is 3.50. The van der Waals surface area contributed by atoms with E-state index in [0.717, 1.165) is 22.5 Å². The molecule has 0 saturated heterocycles. The first-order valence-corrected chi connectivity index (χ1v) is 8.53. The molecule has 0 saturated carbocycles. The Labute approximate surface area is 156 Å². The fraction of sp³-hybridized carbons (Fsp3) is 0.0952. The van der Waals surface area contributed by atoms with Gasteiger partial charge in [-0.1, -0.05) is 42.5 Å². The molecule has 4 rings (SSSR count). The van der Waals surface area contributed by atoms with Gasteiger partial charge in [-0.05, 0) is 18.2 Å². The van der Waals surface area contributed by atoms with E-state index in [2.05, 4.69) is 10.2 Å². The number of fused-ring (bicyclic) bond motifs is 2. The molecule has 0 aromatic heterocycles. The Morgan fingerprint density at radius 3 is 2.15 bits per heavy atom. The highest BCUT2D eigenvalue weighted by atomic mass is 16.6. The largest absolute Gasteiger partial charge is 0.344 e. The molecule has 134 valence electrons. The van der Waals surface area contributed by atoms with Crippen LogP contribution in [0, 0.1) is 10.1 Å². The molecule has 6 nitrogen and oxygen atoms in total. The van der Waals surface area contributed by atoms with E-state index in [4.69, 9.17) is 0 Å². The Morgan fingerprint density at radius 1 is 0.963 bits per heavy atom. The van der Waals surface area contributed by atoms with E-state index in [1.807, 2.05) is 55.6 Å². The lowest BCUT2D eigenvalue weighted by atomic mass is 9.90. The summed E-state index contributed by atoms with van der Waals surface area (Å²) in [6, 6.07) is 21.2. The normalized spacial score (nSPS) is 12.9. The van der Waals surface area contributed by atoms with E-state index in [0.29, 0.717) is 0 Å². The summed E-state index contributed by atoms with van der Waals surface area (Å²) in [5, 5.41) is 14.0. The molecule has 0 fully saturated rings. The van der Waals surface area contributed by atoms with E-state index in [1.165, 1.54) is 18.2 Å². The van der Waals surface area contributed by atoms with Gasteiger partial charge in [-0.3, -0.25) is 14.9 Å². The minimum absolute atomic E-state index is 0.105. The van der Waals surface area contributed by atoms with Crippen molar-refractivity contribution in [2.75, 3.05) is 11.9 Å². The van der Waals surface area contributed by atoms with Gasteiger partial charge in [0.15, 0.2) is 0 Å². The summed E-state index contributed by atoms with van der Waals surface area (Å²) in [4.78, 5) is 25.4. The van der Waals surface area contributed by atoms with Crippen molar-refractivity contribution in [1.29, 1.82) is 0 Å². The van der Waals surface area contributed by atoms with Crippen LogP contribution in [-0.4, -0.2) is 17.9 Å². The summed E-state index contributed by atoms with van der Waals surface area (Å²) in [5.74, 6) is -0.349. The number of nitrogens with zero attached hydrogens (tertiary/aromatic N) is 2. The fourth-order valence-corrected chi connectivity index (χ4v) is 3.50. The van der Waals surface area contributed by atoms with Gasteiger partial charge in [-0.2, -0.15) is 0 Å². The van der Waals surface area contributed by atoms with Crippen LogP contribution in [0.15, 0.2) is 72.8 Å². The number of non-ortho nitro benzene ring substituents is 1. The molecule has 1 aliphatic heterocycles. The second kappa shape index (κ2) is 6.57. The minimum Gasteiger partial charge on any atom is -0.344 e. The van der Waals surface area contributed by atoms with Gasteiger partial charge in [0.2, 0.25) is 0 Å². The van der Waals surface area contributed by atoms with Crippen LogP contribution in [0.25, 0.3) is 0 Å². The number of hydrogen-bond donors (Lipinski definition) is 1. The van der Waals surface area contributed by atoms with Crippen LogP contribution in [0.4, 0.5) is 17.1 Å². The first kappa shape index (κ1) is 16.8. The standard InChI is InChI=1S/C21H17N3O3/c1-23-18-11-4-2-9-16(18)20(17-10-3-5-12-19(17)23)22-21(25)14-7-6-8-15(13-14)24(26)27/h2-13,20H,1H3,(H,22,25). The zero-order valence-corrected chi connectivity index (χ0v) is 14.6. The maximum atomic E-state index is 12.8. The van der Waals surface area contributed by atoms with E-state index in [9.17, 15) is 14.9 Å². The van der Waals surface area contributed by atoms with Gasteiger partial charge < -0.3 is 10.2 Å². The van der Waals surface area contributed by atoms with E-state index < -0.39 is 4.92 Å². The van der Waals surface area contributed by atoms with Crippen molar-refractivity contribution in [1.82, 2.24) is 5.32 Å². The molecule has 3 aromatic rings. The maximum absolute atomic E-state index is 12.8. The van der Waals surface area contributed by atoms with Crippen LogP contribution in [-0.2, 0) is 0 Å². The van der Waals surface area contributed by atoms with Crippen molar-refractivity contribution in [2.45, 2.75) is 6.04 Å². The van der Waals surface area contributed by atoms with Crippen LogP contribution in [0.5, 0.6) is 0 Å². The third-order valence-corrected chi connectivity index (χ3v) is 4.81. The first-order chi connectivity index (χ1) is 13.1. The van der Waals surface area contributed by atoms with Gasteiger partial charge in [0.1, 0.15) is 0 Å². The predicted molar refractivity (Wildman–Crippen MR) is 103 cm³/mol. The Bertz CT molecular complexity index is 1000. The highest BCUT2D eigenvalue weighted by molar-refractivity contribution is 5.96. The number of benzene rings is 3. The number of carbonyl (C=O) groups excluding carboxylic acids is 1. The Kier molecular flexibility index (Phi) is 4.08. The summed E-state index contributed by atoms with van der Waals surface area (Å²) < 4.78 is 0. The van der Waals surface area contributed by atoms with Crippen molar-refractivity contribution in [2.24, 2.45) is 0 Å². The molecule has 0 aliphatic carbocycles. The molecule has 27 heavy (non-hydrogen) atoms. The number of nitro benzene ring substituents is 1. The Hall–Kier alpha value is -3.67. The summed E-state index contributed by atoms with van der Waals surface area (Å²) in [6.45, 7) is 0. The molecule has 1 heterocycles. The number of rotatable bonds is 3. The van der Waals surface area contributed by atoms with Crippen LogP contribution in [0.3, 0.4) is 0 Å². The molecular formula is C21H17N3O3. The molecule has 1 N–H and O–H groups in total. The number of hydrogen-bond acceptors (Lipinski definition) is 4. The number of amides is 1. The van der Waals surface area contributed by atoms with Gasteiger partial charge in [0, 0.05) is 47.2 Å².